The number of hydrogen-bond acceptors (Lipinski definition) is 5. The Balaban J connectivity index is 1.82. The second-order valence-corrected chi connectivity index (χ2v) is 5.84. The maximum absolute atomic E-state index is 6.10. The number of nitrogens with two attached hydrogens (primary N) is 1. The minimum absolute atomic E-state index is 0.0998. The maximum Gasteiger partial charge on any atom is 0.161 e. The molecule has 2 aromatic rings. The van der Waals surface area contributed by atoms with Gasteiger partial charge in [0.25, 0.3) is 0 Å². The van der Waals surface area contributed by atoms with Crippen LogP contribution in [0.5, 0.6) is 11.5 Å². The molecular weight excluding hydrogens is 290 g/mol. The van der Waals surface area contributed by atoms with E-state index >= 15 is 0 Å². The van der Waals surface area contributed by atoms with Crippen LogP contribution in [0.1, 0.15) is 19.8 Å². The van der Waals surface area contributed by atoms with Gasteiger partial charge in [-0.25, -0.2) is 4.98 Å². The fourth-order valence-electron chi connectivity index (χ4n) is 2.93. The average Bonchev–Trinajstić information content (AvgIpc) is 3.10. The lowest BCUT2D eigenvalue weighted by Crippen LogP contribution is -2.36. The molecule has 1 fully saturated rings. The van der Waals surface area contributed by atoms with E-state index in [0.29, 0.717) is 17.6 Å². The van der Waals surface area contributed by atoms with Crippen molar-refractivity contribution in [3.63, 3.8) is 0 Å². The standard InChI is InChI=1S/C18H23N3O2/c1-12(14-6-4-10-20-14)23-16-9-8-13(11-17(16)22-2)15-5-3-7-18(19)21-15/h3,5,7-9,11-12,14,20H,4,6,10H2,1-2H3,(H2,19,21). The Hall–Kier alpha value is -2.27. The molecule has 0 amide bonds. The lowest BCUT2D eigenvalue weighted by Gasteiger charge is -2.22. The molecule has 3 rings (SSSR count). The van der Waals surface area contributed by atoms with Crippen LogP contribution in [0.3, 0.4) is 0 Å². The maximum atomic E-state index is 6.10. The first-order valence-corrected chi connectivity index (χ1v) is 7.98. The number of ether oxygens (including phenoxy) is 2. The molecule has 1 aliphatic heterocycles. The predicted octanol–water partition coefficient (Wildman–Crippen LogP) is 2.86. The molecule has 0 aliphatic carbocycles. The molecule has 2 unspecified atom stereocenters. The summed E-state index contributed by atoms with van der Waals surface area (Å²) in [6, 6.07) is 11.8. The Labute approximate surface area is 136 Å². The van der Waals surface area contributed by atoms with Gasteiger partial charge in [-0.15, -0.1) is 0 Å². The van der Waals surface area contributed by atoms with Crippen molar-refractivity contribution in [2.45, 2.75) is 31.9 Å². The molecule has 23 heavy (non-hydrogen) atoms. The van der Waals surface area contributed by atoms with Gasteiger partial charge >= 0.3 is 0 Å². The number of nitrogens with zero attached hydrogens (tertiary/aromatic N) is 1. The van der Waals surface area contributed by atoms with Crippen LogP contribution in [0.25, 0.3) is 11.3 Å². The molecule has 0 spiro atoms. The normalized spacial score (nSPS) is 18.6. The Morgan fingerprint density at radius 3 is 2.83 bits per heavy atom. The van der Waals surface area contributed by atoms with E-state index < -0.39 is 0 Å². The van der Waals surface area contributed by atoms with Crippen LogP contribution < -0.4 is 20.5 Å². The first-order valence-electron chi connectivity index (χ1n) is 7.98. The van der Waals surface area contributed by atoms with Crippen molar-refractivity contribution < 1.29 is 9.47 Å². The summed E-state index contributed by atoms with van der Waals surface area (Å²) in [5.41, 5.74) is 7.53. The summed E-state index contributed by atoms with van der Waals surface area (Å²) in [5, 5.41) is 3.47. The number of methoxy groups -OCH3 is 1. The zero-order valence-electron chi connectivity index (χ0n) is 13.6. The van der Waals surface area contributed by atoms with Gasteiger partial charge in [-0.05, 0) is 56.6 Å². The fraction of sp³-hybridized carbons (Fsp3) is 0.389. The van der Waals surface area contributed by atoms with Gasteiger partial charge in [-0.2, -0.15) is 0 Å². The van der Waals surface area contributed by atoms with Gasteiger partial charge in [0.1, 0.15) is 11.9 Å². The lowest BCUT2D eigenvalue weighted by atomic mass is 10.1. The average molecular weight is 313 g/mol. The van der Waals surface area contributed by atoms with Crippen LogP contribution in [-0.2, 0) is 0 Å². The van der Waals surface area contributed by atoms with E-state index in [0.717, 1.165) is 30.0 Å². The molecule has 122 valence electrons. The summed E-state index contributed by atoms with van der Waals surface area (Å²) in [6.07, 6.45) is 2.45. The zero-order chi connectivity index (χ0) is 16.2. The highest BCUT2D eigenvalue weighted by Crippen LogP contribution is 2.33. The number of rotatable bonds is 5. The largest absolute Gasteiger partial charge is 0.493 e. The van der Waals surface area contributed by atoms with Crippen molar-refractivity contribution in [1.29, 1.82) is 0 Å². The molecule has 5 nitrogen and oxygen atoms in total. The van der Waals surface area contributed by atoms with Crippen molar-refractivity contribution >= 4 is 5.82 Å². The van der Waals surface area contributed by atoms with Gasteiger partial charge < -0.3 is 20.5 Å². The summed E-state index contributed by atoms with van der Waals surface area (Å²) in [5.74, 6) is 1.96. The minimum atomic E-state index is 0.0998. The van der Waals surface area contributed by atoms with Gasteiger partial charge in [-0.1, -0.05) is 6.07 Å². The van der Waals surface area contributed by atoms with Crippen molar-refractivity contribution in [3.8, 4) is 22.8 Å². The Bertz CT molecular complexity index is 669. The number of aromatic nitrogens is 1. The Morgan fingerprint density at radius 2 is 2.13 bits per heavy atom. The fourth-order valence-corrected chi connectivity index (χ4v) is 2.93. The van der Waals surface area contributed by atoms with E-state index in [2.05, 4.69) is 17.2 Å². The van der Waals surface area contributed by atoms with Gasteiger partial charge in [0, 0.05) is 11.6 Å². The van der Waals surface area contributed by atoms with E-state index in [1.807, 2.05) is 30.3 Å². The van der Waals surface area contributed by atoms with Crippen LogP contribution in [0.2, 0.25) is 0 Å². The molecule has 1 saturated heterocycles. The van der Waals surface area contributed by atoms with E-state index in [4.69, 9.17) is 15.2 Å². The molecule has 1 aromatic heterocycles. The highest BCUT2D eigenvalue weighted by Gasteiger charge is 2.23. The Morgan fingerprint density at radius 1 is 1.26 bits per heavy atom. The SMILES string of the molecule is COc1cc(-c2cccc(N)n2)ccc1OC(C)C1CCCN1. The van der Waals surface area contributed by atoms with Gasteiger partial charge in [0.2, 0.25) is 0 Å². The van der Waals surface area contributed by atoms with Crippen LogP contribution in [0.15, 0.2) is 36.4 Å². The van der Waals surface area contributed by atoms with E-state index in [1.54, 1.807) is 13.2 Å². The van der Waals surface area contributed by atoms with Crippen LogP contribution in [0, 0.1) is 0 Å². The highest BCUT2D eigenvalue weighted by atomic mass is 16.5. The minimum Gasteiger partial charge on any atom is -0.493 e. The zero-order valence-corrected chi connectivity index (χ0v) is 13.6. The number of benzene rings is 1. The van der Waals surface area contributed by atoms with Crippen molar-refractivity contribution in [1.82, 2.24) is 10.3 Å². The van der Waals surface area contributed by atoms with Crippen molar-refractivity contribution in [2.75, 3.05) is 19.4 Å². The Kier molecular flexibility index (Phi) is 4.67. The third-order valence-electron chi connectivity index (χ3n) is 4.21. The first-order chi connectivity index (χ1) is 11.2. The van der Waals surface area contributed by atoms with Gasteiger partial charge in [-0.3, -0.25) is 0 Å². The molecule has 3 N–H and O–H groups in total. The number of hydrogen-bond donors (Lipinski definition) is 2. The second-order valence-electron chi connectivity index (χ2n) is 5.84. The number of nitrogen functional groups attached to an aromatic ring is 1. The molecule has 0 saturated carbocycles. The number of nitrogens with one attached hydrogen (secondary N) is 1. The number of anilines is 1. The topological polar surface area (TPSA) is 69.4 Å². The molecule has 5 heteroatoms. The quantitative estimate of drug-likeness (QED) is 0.888. The highest BCUT2D eigenvalue weighted by molar-refractivity contribution is 5.65. The molecule has 0 bridgehead atoms. The molecule has 0 radical (unpaired) electrons. The molecular formula is C18H23N3O2. The summed E-state index contributed by atoms with van der Waals surface area (Å²) in [4.78, 5) is 4.34. The van der Waals surface area contributed by atoms with Gasteiger partial charge in [0.15, 0.2) is 11.5 Å². The molecule has 2 heterocycles. The first kappa shape index (κ1) is 15.6. The summed E-state index contributed by atoms with van der Waals surface area (Å²) >= 11 is 0. The van der Waals surface area contributed by atoms with Crippen molar-refractivity contribution in [2.24, 2.45) is 0 Å². The summed E-state index contributed by atoms with van der Waals surface area (Å²) in [6.45, 7) is 3.16. The summed E-state index contributed by atoms with van der Waals surface area (Å²) < 4.78 is 11.6. The lowest BCUT2D eigenvalue weighted by molar-refractivity contribution is 0.173. The summed E-state index contributed by atoms with van der Waals surface area (Å²) in [7, 11) is 1.65. The van der Waals surface area contributed by atoms with E-state index in [1.165, 1.54) is 6.42 Å². The molecule has 2 atom stereocenters. The smallest absolute Gasteiger partial charge is 0.161 e. The van der Waals surface area contributed by atoms with Crippen LogP contribution in [-0.4, -0.2) is 30.8 Å². The monoisotopic (exact) mass is 313 g/mol. The molecule has 1 aliphatic rings. The molecule has 1 aromatic carbocycles. The second kappa shape index (κ2) is 6.87. The number of pyridine rings is 1. The third kappa shape index (κ3) is 3.56. The van der Waals surface area contributed by atoms with Crippen LogP contribution >= 0.6 is 0 Å². The predicted molar refractivity (Wildman–Crippen MR) is 91.8 cm³/mol. The van der Waals surface area contributed by atoms with Gasteiger partial charge in [0.05, 0.1) is 12.8 Å². The third-order valence-corrected chi connectivity index (χ3v) is 4.21. The van der Waals surface area contributed by atoms with E-state index in [9.17, 15) is 0 Å². The van der Waals surface area contributed by atoms with Crippen LogP contribution in [0.4, 0.5) is 5.82 Å². The van der Waals surface area contributed by atoms with Crippen molar-refractivity contribution in [3.05, 3.63) is 36.4 Å². The van der Waals surface area contributed by atoms with E-state index in [-0.39, 0.29) is 6.10 Å².